The Morgan fingerprint density at radius 2 is 2.03 bits per heavy atom. The monoisotopic (exact) mass is 430 g/mol. The van der Waals surface area contributed by atoms with Crippen LogP contribution in [-0.4, -0.2) is 22.0 Å². The number of aromatic nitrogens is 2. The fourth-order valence-corrected chi connectivity index (χ4v) is 4.03. The van der Waals surface area contributed by atoms with Crippen molar-refractivity contribution < 1.29 is 23.3 Å². The van der Waals surface area contributed by atoms with Crippen molar-refractivity contribution in [2.24, 2.45) is 0 Å². The summed E-state index contributed by atoms with van der Waals surface area (Å²) in [6.45, 7) is 2.01. The van der Waals surface area contributed by atoms with E-state index in [2.05, 4.69) is 11.4 Å². The van der Waals surface area contributed by atoms with E-state index in [-0.39, 0.29) is 17.2 Å². The Kier molecular flexibility index (Phi) is 4.93. The molecule has 160 valence electrons. The van der Waals surface area contributed by atoms with Crippen molar-refractivity contribution in [3.63, 3.8) is 0 Å². The first-order valence-corrected chi connectivity index (χ1v) is 10.3. The summed E-state index contributed by atoms with van der Waals surface area (Å²) in [7, 11) is 0. The van der Waals surface area contributed by atoms with Crippen LogP contribution in [0.15, 0.2) is 71.5 Å². The summed E-state index contributed by atoms with van der Waals surface area (Å²) in [4.78, 5) is 17.9. The van der Waals surface area contributed by atoms with Gasteiger partial charge in [-0.05, 0) is 36.8 Å². The molecule has 5 rings (SSSR count). The van der Waals surface area contributed by atoms with Crippen molar-refractivity contribution >= 4 is 11.7 Å². The summed E-state index contributed by atoms with van der Waals surface area (Å²) in [6.07, 6.45) is 3.93. The number of hydrogen-bond acceptors (Lipinski definition) is 5. The van der Waals surface area contributed by atoms with Crippen LogP contribution in [0.3, 0.4) is 0 Å². The molecule has 0 spiro atoms. The van der Waals surface area contributed by atoms with Gasteiger partial charge in [-0.1, -0.05) is 35.9 Å². The number of hydrogen-bond donors (Lipinski definition) is 2. The molecule has 0 saturated carbocycles. The molecule has 0 radical (unpaired) electrons. The molecule has 0 bridgehead atoms. The normalized spacial score (nSPS) is 14.9. The van der Waals surface area contributed by atoms with Crippen LogP contribution in [0, 0.1) is 12.7 Å². The van der Waals surface area contributed by atoms with Crippen LogP contribution < -0.4 is 9.88 Å². The highest BCUT2D eigenvalue weighted by atomic mass is 19.1. The van der Waals surface area contributed by atoms with Crippen LogP contribution in [0.2, 0.25) is 0 Å². The van der Waals surface area contributed by atoms with Crippen LogP contribution in [0.5, 0.6) is 5.75 Å². The highest BCUT2D eigenvalue weighted by Gasteiger charge is 2.41. The van der Waals surface area contributed by atoms with Gasteiger partial charge in [0.15, 0.2) is 11.6 Å². The molecule has 0 fully saturated rings. The van der Waals surface area contributed by atoms with Crippen LogP contribution >= 0.6 is 0 Å². The number of halogens is 1. The lowest BCUT2D eigenvalue weighted by Gasteiger charge is -2.09. The van der Waals surface area contributed by atoms with E-state index >= 15 is 0 Å². The van der Waals surface area contributed by atoms with Crippen molar-refractivity contribution in [1.82, 2.24) is 4.98 Å². The Morgan fingerprint density at radius 1 is 1.19 bits per heavy atom. The van der Waals surface area contributed by atoms with E-state index in [1.165, 1.54) is 22.9 Å². The third-order valence-corrected chi connectivity index (χ3v) is 5.56. The molecular formula is C25H21FN3O3+. The summed E-state index contributed by atoms with van der Waals surface area (Å²) in [6, 6.07) is 15.5. The largest absolute Gasteiger partial charge is 0.505 e. The molecule has 1 atom stereocenters. The molecular weight excluding hydrogens is 409 g/mol. The number of furan rings is 1. The lowest BCUT2D eigenvalue weighted by atomic mass is 10.1. The van der Waals surface area contributed by atoms with E-state index < -0.39 is 17.6 Å². The predicted molar refractivity (Wildman–Crippen MR) is 116 cm³/mol. The van der Waals surface area contributed by atoms with E-state index in [0.717, 1.165) is 11.1 Å². The van der Waals surface area contributed by atoms with Crippen molar-refractivity contribution in [1.29, 1.82) is 0 Å². The first-order valence-electron chi connectivity index (χ1n) is 10.3. The third kappa shape index (κ3) is 3.62. The number of fused-ring (bicyclic) bond motifs is 1. The maximum absolute atomic E-state index is 14.7. The number of nitrogens with zero attached hydrogens (tertiary/aromatic N) is 2. The van der Waals surface area contributed by atoms with Crippen molar-refractivity contribution in [3.05, 3.63) is 95.5 Å². The number of carbonyl (C=O) groups is 1. The number of anilines is 1. The fraction of sp³-hybridized carbons (Fsp3) is 0.160. The molecule has 2 aromatic carbocycles. The van der Waals surface area contributed by atoms with Gasteiger partial charge in [-0.3, -0.25) is 5.32 Å². The van der Waals surface area contributed by atoms with Gasteiger partial charge in [0.05, 0.1) is 12.7 Å². The highest BCUT2D eigenvalue weighted by molar-refractivity contribution is 5.82. The first kappa shape index (κ1) is 19.9. The molecule has 0 amide bonds. The highest BCUT2D eigenvalue weighted by Crippen LogP contribution is 2.29. The molecule has 32 heavy (non-hydrogen) atoms. The number of aryl methyl sites for hydroxylation is 1. The number of carbonyl (C=O) groups excluding carboxylic acids is 1. The molecule has 7 heteroatoms. The number of benzene rings is 2. The second kappa shape index (κ2) is 7.92. The molecule has 2 N–H and O–H groups in total. The maximum Gasteiger partial charge on any atom is 0.359 e. The first-order chi connectivity index (χ1) is 15.5. The van der Waals surface area contributed by atoms with Crippen molar-refractivity contribution in [2.75, 3.05) is 5.32 Å². The summed E-state index contributed by atoms with van der Waals surface area (Å²) in [5.41, 5.74) is 3.16. The van der Waals surface area contributed by atoms with Gasteiger partial charge in [-0.25, -0.2) is 14.2 Å². The van der Waals surface area contributed by atoms with Gasteiger partial charge < -0.3 is 9.52 Å². The van der Waals surface area contributed by atoms with E-state index in [1.54, 1.807) is 18.4 Å². The van der Waals surface area contributed by atoms with E-state index in [1.807, 2.05) is 31.2 Å². The second-order valence-corrected chi connectivity index (χ2v) is 7.91. The summed E-state index contributed by atoms with van der Waals surface area (Å²) in [5.74, 6) is -0.136. The zero-order valence-electron chi connectivity index (χ0n) is 17.4. The van der Waals surface area contributed by atoms with Gasteiger partial charge >= 0.3 is 11.7 Å². The third-order valence-electron chi connectivity index (χ3n) is 5.56. The van der Waals surface area contributed by atoms with Gasteiger partial charge in [-0.2, -0.15) is 4.57 Å². The van der Waals surface area contributed by atoms with Crippen molar-refractivity contribution in [3.8, 4) is 17.0 Å². The average Bonchev–Trinajstić information content (AvgIpc) is 3.39. The maximum atomic E-state index is 14.7. The number of nitrogens with one attached hydrogen (secondary N) is 1. The molecule has 0 saturated heterocycles. The summed E-state index contributed by atoms with van der Waals surface area (Å²) >= 11 is 0. The van der Waals surface area contributed by atoms with Gasteiger partial charge in [-0.15, -0.1) is 0 Å². The lowest BCUT2D eigenvalue weighted by Crippen LogP contribution is -2.44. The minimum Gasteiger partial charge on any atom is -0.505 e. The minimum absolute atomic E-state index is 0.132. The van der Waals surface area contributed by atoms with E-state index in [4.69, 9.17) is 9.40 Å². The standard InChI is InChI=1S/C25H20FN3O3/c1-15-5-2-6-16(11-15)12-19-24-28-20(13-17-7-4-10-32-17)25(31)29(24)14-21(27-19)18-8-3-9-22(30)23(18)26/h2-11,14,20,30H,12-13H2,1H3/p+1. The Labute approximate surface area is 184 Å². The molecule has 1 unspecified atom stereocenters. The minimum atomic E-state index is -0.771. The molecule has 6 nitrogen and oxygen atoms in total. The zero-order valence-corrected chi connectivity index (χ0v) is 17.4. The van der Waals surface area contributed by atoms with Crippen LogP contribution in [0.25, 0.3) is 11.3 Å². The van der Waals surface area contributed by atoms with Crippen LogP contribution in [0.4, 0.5) is 10.2 Å². The number of phenols is 1. The Hall–Kier alpha value is -4.00. The SMILES string of the molecule is Cc1cccc(Cc2nc(-c3cccc(O)c3F)c[n+]3c2NC(Cc2ccco2)C3=O)c1. The Bertz CT molecular complexity index is 1320. The van der Waals surface area contributed by atoms with Crippen molar-refractivity contribution in [2.45, 2.75) is 25.8 Å². The number of aromatic hydroxyl groups is 1. The predicted octanol–water partition coefficient (Wildman–Crippen LogP) is 4.05. The molecule has 0 aliphatic carbocycles. The summed E-state index contributed by atoms with van der Waals surface area (Å²) < 4.78 is 21.6. The van der Waals surface area contributed by atoms with Gasteiger partial charge in [0.25, 0.3) is 0 Å². The Balaban J connectivity index is 1.60. The molecule has 1 aliphatic rings. The number of phenolic OH excluding ortho intramolecular Hbond substituents is 1. The van der Waals surface area contributed by atoms with E-state index in [0.29, 0.717) is 30.1 Å². The summed E-state index contributed by atoms with van der Waals surface area (Å²) in [5, 5.41) is 13.1. The quantitative estimate of drug-likeness (QED) is 0.467. The van der Waals surface area contributed by atoms with Gasteiger partial charge in [0.1, 0.15) is 23.3 Å². The Morgan fingerprint density at radius 3 is 2.81 bits per heavy atom. The van der Waals surface area contributed by atoms with Crippen LogP contribution in [0.1, 0.15) is 27.4 Å². The second-order valence-electron chi connectivity index (χ2n) is 7.91. The average molecular weight is 430 g/mol. The molecule has 2 aromatic heterocycles. The van der Waals surface area contributed by atoms with Gasteiger partial charge in [0.2, 0.25) is 6.04 Å². The molecule has 1 aliphatic heterocycles. The van der Waals surface area contributed by atoms with E-state index in [9.17, 15) is 14.3 Å². The smallest absolute Gasteiger partial charge is 0.359 e. The zero-order chi connectivity index (χ0) is 22.2. The fourth-order valence-electron chi connectivity index (χ4n) is 4.03. The topological polar surface area (TPSA) is 79.2 Å². The van der Waals surface area contributed by atoms with Crippen LogP contribution in [-0.2, 0) is 12.8 Å². The lowest BCUT2D eigenvalue weighted by molar-refractivity contribution is -0.552. The number of rotatable bonds is 5. The van der Waals surface area contributed by atoms with Gasteiger partial charge in [0, 0.05) is 12.0 Å². The molecule has 3 heterocycles. The molecule has 4 aromatic rings.